The largest absolute Gasteiger partial charge is 0.493 e. The number of benzene rings is 2. The number of rotatable bonds is 6. The summed E-state index contributed by atoms with van der Waals surface area (Å²) in [5, 5.41) is 0. The van der Waals surface area contributed by atoms with Crippen LogP contribution in [0.2, 0.25) is 0 Å². The van der Waals surface area contributed by atoms with E-state index in [2.05, 4.69) is 0 Å². The average Bonchev–Trinajstić information content (AvgIpc) is 2.60. The molecule has 2 aromatic rings. The maximum Gasteiger partial charge on any atom is 0.265 e. The summed E-state index contributed by atoms with van der Waals surface area (Å²) < 4.78 is 41.9. The van der Waals surface area contributed by atoms with Crippen LogP contribution in [0.25, 0.3) is 0 Å². The van der Waals surface area contributed by atoms with Crippen molar-refractivity contribution in [1.82, 2.24) is 4.72 Å². The minimum absolute atomic E-state index is 0.00853. The van der Waals surface area contributed by atoms with Crippen LogP contribution < -0.4 is 18.9 Å². The van der Waals surface area contributed by atoms with Gasteiger partial charge in [-0.05, 0) is 24.3 Å². The third-order valence-electron chi connectivity index (χ3n) is 3.21. The fourth-order valence-corrected chi connectivity index (χ4v) is 3.05. The van der Waals surface area contributed by atoms with E-state index in [1.807, 2.05) is 4.72 Å². The summed E-state index contributed by atoms with van der Waals surface area (Å²) in [6, 6.07) is 10.3. The van der Waals surface area contributed by atoms with Crippen molar-refractivity contribution in [1.29, 1.82) is 0 Å². The molecular weight excluding hydrogens is 334 g/mol. The summed E-state index contributed by atoms with van der Waals surface area (Å²) in [5.41, 5.74) is 0.0593. The lowest BCUT2D eigenvalue weighted by Crippen LogP contribution is -2.30. The minimum Gasteiger partial charge on any atom is -0.493 e. The molecule has 2 aromatic carbocycles. The molecule has 0 heterocycles. The number of amides is 1. The second kappa shape index (κ2) is 7.22. The Morgan fingerprint density at radius 2 is 1.46 bits per heavy atom. The zero-order valence-corrected chi connectivity index (χ0v) is 14.2. The summed E-state index contributed by atoms with van der Waals surface area (Å²) in [6.45, 7) is 0. The summed E-state index contributed by atoms with van der Waals surface area (Å²) in [6.07, 6.45) is 0. The molecule has 0 unspecified atom stereocenters. The zero-order chi connectivity index (χ0) is 17.7. The second-order valence-electron chi connectivity index (χ2n) is 4.66. The monoisotopic (exact) mass is 351 g/mol. The predicted octanol–water partition coefficient (Wildman–Crippen LogP) is 1.83. The fourth-order valence-electron chi connectivity index (χ4n) is 2.05. The van der Waals surface area contributed by atoms with Crippen molar-refractivity contribution in [2.75, 3.05) is 21.3 Å². The van der Waals surface area contributed by atoms with Gasteiger partial charge in [-0.3, -0.25) is 4.79 Å². The first-order chi connectivity index (χ1) is 11.4. The van der Waals surface area contributed by atoms with Crippen molar-refractivity contribution in [3.05, 3.63) is 48.0 Å². The Morgan fingerprint density at radius 1 is 0.917 bits per heavy atom. The molecule has 0 saturated heterocycles. The van der Waals surface area contributed by atoms with E-state index in [9.17, 15) is 13.2 Å². The third-order valence-corrected chi connectivity index (χ3v) is 4.55. The molecular formula is C16H17NO6S. The molecule has 0 fully saturated rings. The van der Waals surface area contributed by atoms with Crippen molar-refractivity contribution in [2.24, 2.45) is 0 Å². The van der Waals surface area contributed by atoms with Gasteiger partial charge in [0.25, 0.3) is 15.9 Å². The van der Waals surface area contributed by atoms with Crippen molar-refractivity contribution >= 4 is 15.9 Å². The lowest BCUT2D eigenvalue weighted by atomic mass is 10.1. The van der Waals surface area contributed by atoms with Gasteiger partial charge >= 0.3 is 0 Å². The number of carbonyl (C=O) groups is 1. The van der Waals surface area contributed by atoms with Crippen molar-refractivity contribution < 1.29 is 27.4 Å². The Hall–Kier alpha value is -2.74. The van der Waals surface area contributed by atoms with E-state index in [1.54, 1.807) is 18.2 Å². The Kier molecular flexibility index (Phi) is 5.30. The molecule has 0 saturated carbocycles. The Labute approximate surface area is 140 Å². The van der Waals surface area contributed by atoms with Gasteiger partial charge in [0.15, 0.2) is 11.5 Å². The van der Waals surface area contributed by atoms with Crippen molar-refractivity contribution in [2.45, 2.75) is 4.90 Å². The van der Waals surface area contributed by atoms with E-state index in [1.165, 1.54) is 45.6 Å². The van der Waals surface area contributed by atoms with Gasteiger partial charge in [-0.15, -0.1) is 0 Å². The molecule has 0 aliphatic carbocycles. The second-order valence-corrected chi connectivity index (χ2v) is 6.34. The molecule has 1 N–H and O–H groups in total. The van der Waals surface area contributed by atoms with E-state index in [0.717, 1.165) is 0 Å². The highest BCUT2D eigenvalue weighted by molar-refractivity contribution is 7.90. The number of hydrogen-bond acceptors (Lipinski definition) is 6. The highest BCUT2D eigenvalue weighted by atomic mass is 32.2. The zero-order valence-electron chi connectivity index (χ0n) is 13.4. The fraction of sp³-hybridized carbons (Fsp3) is 0.188. The third kappa shape index (κ3) is 3.60. The Bertz CT molecular complexity index is 808. The van der Waals surface area contributed by atoms with Gasteiger partial charge < -0.3 is 14.2 Å². The highest BCUT2D eigenvalue weighted by Gasteiger charge is 2.21. The molecule has 7 nitrogen and oxygen atoms in total. The van der Waals surface area contributed by atoms with Crippen molar-refractivity contribution in [3.63, 3.8) is 0 Å². The smallest absolute Gasteiger partial charge is 0.265 e. The molecule has 8 heteroatoms. The van der Waals surface area contributed by atoms with Crippen LogP contribution in [0.3, 0.4) is 0 Å². The summed E-state index contributed by atoms with van der Waals surface area (Å²) in [4.78, 5) is 12.3. The van der Waals surface area contributed by atoms with Crippen LogP contribution in [0.4, 0.5) is 0 Å². The molecule has 2 rings (SSSR count). The van der Waals surface area contributed by atoms with Gasteiger partial charge in [0, 0.05) is 5.56 Å². The van der Waals surface area contributed by atoms with Gasteiger partial charge in [0.1, 0.15) is 0 Å². The number of methoxy groups -OCH3 is 3. The van der Waals surface area contributed by atoms with Gasteiger partial charge in [0.05, 0.1) is 26.2 Å². The Balaban J connectivity index is 2.37. The van der Waals surface area contributed by atoms with Crippen LogP contribution in [-0.4, -0.2) is 35.7 Å². The van der Waals surface area contributed by atoms with E-state index < -0.39 is 15.9 Å². The molecule has 0 bridgehead atoms. The molecule has 0 aromatic heterocycles. The molecule has 0 aliphatic heterocycles. The molecule has 0 aliphatic rings. The molecule has 1 amide bonds. The van der Waals surface area contributed by atoms with E-state index in [4.69, 9.17) is 14.2 Å². The SMILES string of the molecule is COc1cc(C(=O)NS(=O)(=O)c2ccccc2)cc(OC)c1OC. The average molecular weight is 351 g/mol. The molecule has 0 radical (unpaired) electrons. The van der Waals surface area contributed by atoms with Gasteiger partial charge in [-0.1, -0.05) is 18.2 Å². The summed E-state index contributed by atoms with van der Waals surface area (Å²) in [7, 11) is 0.261. The first-order valence-corrected chi connectivity index (χ1v) is 8.33. The topological polar surface area (TPSA) is 90.9 Å². The van der Waals surface area contributed by atoms with Crippen LogP contribution in [0.15, 0.2) is 47.4 Å². The van der Waals surface area contributed by atoms with Gasteiger partial charge in [-0.2, -0.15) is 0 Å². The van der Waals surface area contributed by atoms with E-state index in [0.29, 0.717) is 5.75 Å². The van der Waals surface area contributed by atoms with Crippen LogP contribution in [-0.2, 0) is 10.0 Å². The Morgan fingerprint density at radius 3 is 1.92 bits per heavy atom. The number of ether oxygens (including phenoxy) is 3. The maximum atomic E-state index is 12.3. The van der Waals surface area contributed by atoms with Crippen LogP contribution in [0, 0.1) is 0 Å². The first-order valence-electron chi connectivity index (χ1n) is 6.85. The summed E-state index contributed by atoms with van der Waals surface area (Å²) in [5.74, 6) is -0.00112. The predicted molar refractivity (Wildman–Crippen MR) is 87.2 cm³/mol. The minimum atomic E-state index is -3.97. The number of carbonyl (C=O) groups excluding carboxylic acids is 1. The maximum absolute atomic E-state index is 12.3. The van der Waals surface area contributed by atoms with Crippen LogP contribution in [0.1, 0.15) is 10.4 Å². The number of hydrogen-bond donors (Lipinski definition) is 1. The van der Waals surface area contributed by atoms with Gasteiger partial charge in [0.2, 0.25) is 5.75 Å². The summed E-state index contributed by atoms with van der Waals surface area (Å²) >= 11 is 0. The number of sulfonamides is 1. The molecule has 24 heavy (non-hydrogen) atoms. The lowest BCUT2D eigenvalue weighted by Gasteiger charge is -2.14. The first kappa shape index (κ1) is 17.6. The standard InChI is InChI=1S/C16H17NO6S/c1-21-13-9-11(10-14(22-2)15(13)23-3)16(18)17-24(19,20)12-7-5-4-6-8-12/h4-10H,1-3H3,(H,17,18). The van der Waals surface area contributed by atoms with Crippen LogP contribution >= 0.6 is 0 Å². The lowest BCUT2D eigenvalue weighted by molar-refractivity contribution is 0.0980. The van der Waals surface area contributed by atoms with Crippen LogP contribution in [0.5, 0.6) is 17.2 Å². The van der Waals surface area contributed by atoms with Gasteiger partial charge in [-0.25, -0.2) is 13.1 Å². The molecule has 0 atom stereocenters. The normalized spacial score (nSPS) is 10.8. The number of nitrogens with one attached hydrogen (secondary N) is 1. The quantitative estimate of drug-likeness (QED) is 0.854. The molecule has 128 valence electrons. The van der Waals surface area contributed by atoms with E-state index in [-0.39, 0.29) is 22.0 Å². The highest BCUT2D eigenvalue weighted by Crippen LogP contribution is 2.38. The van der Waals surface area contributed by atoms with E-state index >= 15 is 0 Å². The molecule has 0 spiro atoms. The van der Waals surface area contributed by atoms with Crippen molar-refractivity contribution in [3.8, 4) is 17.2 Å².